The fourth-order valence-corrected chi connectivity index (χ4v) is 4.03. The maximum Gasteiger partial charge on any atom is 0.126 e. The summed E-state index contributed by atoms with van der Waals surface area (Å²) in [5.74, 6) is 0.916. The van der Waals surface area contributed by atoms with Crippen molar-refractivity contribution in [1.29, 1.82) is 0 Å². The molecule has 0 saturated carbocycles. The molecule has 0 amide bonds. The highest BCUT2D eigenvalue weighted by Gasteiger charge is 2.10. The monoisotopic (exact) mass is 373 g/mol. The van der Waals surface area contributed by atoms with Crippen LogP contribution < -0.4 is 10.1 Å². The largest absolute Gasteiger partial charge is 0.496 e. The van der Waals surface area contributed by atoms with Gasteiger partial charge in [-0.05, 0) is 69.4 Å². The van der Waals surface area contributed by atoms with Crippen molar-refractivity contribution in [3.63, 3.8) is 0 Å². The van der Waals surface area contributed by atoms with Crippen LogP contribution in [0.5, 0.6) is 5.75 Å². The van der Waals surface area contributed by atoms with E-state index in [1.807, 2.05) is 0 Å². The van der Waals surface area contributed by atoms with Crippen LogP contribution in [0.4, 0.5) is 0 Å². The summed E-state index contributed by atoms with van der Waals surface area (Å²) in [6, 6.07) is 24.0. The average molecular weight is 374 g/mol. The molecule has 0 aliphatic rings. The molecule has 136 valence electrons. The van der Waals surface area contributed by atoms with E-state index in [0.29, 0.717) is 0 Å². The molecule has 3 heteroatoms. The van der Waals surface area contributed by atoms with Gasteiger partial charge in [-0.2, -0.15) is 11.3 Å². The molecule has 0 aliphatic carbocycles. The van der Waals surface area contributed by atoms with Crippen LogP contribution in [-0.4, -0.2) is 7.11 Å². The highest BCUT2D eigenvalue weighted by Crippen LogP contribution is 2.32. The molecule has 1 atom stereocenters. The Morgan fingerprint density at radius 1 is 0.963 bits per heavy atom. The van der Waals surface area contributed by atoms with E-state index in [1.165, 1.54) is 27.5 Å². The van der Waals surface area contributed by atoms with Crippen molar-refractivity contribution in [2.24, 2.45) is 0 Å². The molecule has 3 aromatic carbocycles. The Bertz CT molecular complexity index is 1040. The third-order valence-corrected chi connectivity index (χ3v) is 5.67. The zero-order valence-electron chi connectivity index (χ0n) is 15.6. The smallest absolute Gasteiger partial charge is 0.126 e. The molecule has 0 radical (unpaired) electrons. The number of fused-ring (bicyclic) bond motifs is 1. The fourth-order valence-electron chi connectivity index (χ4n) is 3.37. The number of hydrogen-bond acceptors (Lipinski definition) is 3. The van der Waals surface area contributed by atoms with Gasteiger partial charge < -0.3 is 10.1 Å². The fraction of sp³-hybridized carbons (Fsp3) is 0.167. The second-order valence-electron chi connectivity index (χ2n) is 6.76. The Labute approximate surface area is 164 Å². The van der Waals surface area contributed by atoms with E-state index >= 15 is 0 Å². The molecule has 1 heterocycles. The van der Waals surface area contributed by atoms with E-state index in [1.54, 1.807) is 18.4 Å². The lowest BCUT2D eigenvalue weighted by atomic mass is 10.0. The molecule has 4 aromatic rings. The first-order chi connectivity index (χ1) is 13.2. The molecule has 0 bridgehead atoms. The SMILES string of the molecule is COc1ccc(CN[C@H](C)c2ccc3ccccc3c2)cc1-c1ccsc1. The Hall–Kier alpha value is -2.62. The first-order valence-corrected chi connectivity index (χ1v) is 10.1. The van der Waals surface area contributed by atoms with Crippen molar-refractivity contribution in [2.45, 2.75) is 19.5 Å². The number of thiophene rings is 1. The van der Waals surface area contributed by atoms with Crippen molar-refractivity contribution in [1.82, 2.24) is 5.32 Å². The number of ether oxygens (including phenoxy) is 1. The zero-order valence-corrected chi connectivity index (χ0v) is 16.4. The standard InChI is InChI=1S/C24H23NOS/c1-17(20-9-8-19-5-3-4-6-21(19)14-20)25-15-18-7-10-24(26-2)23(13-18)22-11-12-27-16-22/h3-14,16-17,25H,15H2,1-2H3/t17-/m1/s1. The third kappa shape index (κ3) is 3.90. The number of nitrogens with one attached hydrogen (secondary N) is 1. The van der Waals surface area contributed by atoms with Gasteiger partial charge in [0.2, 0.25) is 0 Å². The third-order valence-electron chi connectivity index (χ3n) is 4.98. The molecule has 0 unspecified atom stereocenters. The molecular weight excluding hydrogens is 350 g/mol. The van der Waals surface area contributed by atoms with Gasteiger partial charge in [0.25, 0.3) is 0 Å². The number of methoxy groups -OCH3 is 1. The average Bonchev–Trinajstić information content (AvgIpc) is 3.26. The van der Waals surface area contributed by atoms with Gasteiger partial charge in [-0.15, -0.1) is 0 Å². The molecule has 27 heavy (non-hydrogen) atoms. The van der Waals surface area contributed by atoms with Gasteiger partial charge >= 0.3 is 0 Å². The molecule has 1 N–H and O–H groups in total. The van der Waals surface area contributed by atoms with E-state index in [2.05, 4.69) is 89.7 Å². The topological polar surface area (TPSA) is 21.3 Å². The Morgan fingerprint density at radius 3 is 2.59 bits per heavy atom. The van der Waals surface area contributed by atoms with Crippen molar-refractivity contribution >= 4 is 22.1 Å². The molecule has 0 aliphatic heterocycles. The van der Waals surface area contributed by atoms with Crippen LogP contribution in [0.1, 0.15) is 24.1 Å². The van der Waals surface area contributed by atoms with E-state index in [-0.39, 0.29) is 6.04 Å². The lowest BCUT2D eigenvalue weighted by Gasteiger charge is -2.16. The molecular formula is C24H23NOS. The minimum Gasteiger partial charge on any atom is -0.496 e. The first kappa shape index (κ1) is 17.8. The summed E-state index contributed by atoms with van der Waals surface area (Å²) in [6.07, 6.45) is 0. The van der Waals surface area contributed by atoms with Crippen LogP contribution in [0.2, 0.25) is 0 Å². The first-order valence-electron chi connectivity index (χ1n) is 9.16. The molecule has 0 spiro atoms. The van der Waals surface area contributed by atoms with Gasteiger partial charge in [0.15, 0.2) is 0 Å². The van der Waals surface area contributed by atoms with Crippen molar-refractivity contribution in [2.75, 3.05) is 7.11 Å². The van der Waals surface area contributed by atoms with Crippen molar-refractivity contribution in [3.05, 3.63) is 88.6 Å². The lowest BCUT2D eigenvalue weighted by Crippen LogP contribution is -2.18. The summed E-state index contributed by atoms with van der Waals surface area (Å²) in [4.78, 5) is 0. The summed E-state index contributed by atoms with van der Waals surface area (Å²) in [5, 5.41) is 10.5. The van der Waals surface area contributed by atoms with Gasteiger partial charge in [-0.3, -0.25) is 0 Å². The minimum absolute atomic E-state index is 0.279. The van der Waals surface area contributed by atoms with Crippen LogP contribution in [-0.2, 0) is 6.54 Å². The zero-order chi connectivity index (χ0) is 18.6. The maximum absolute atomic E-state index is 5.54. The lowest BCUT2D eigenvalue weighted by molar-refractivity contribution is 0.416. The maximum atomic E-state index is 5.54. The van der Waals surface area contributed by atoms with Crippen LogP contribution in [0.25, 0.3) is 21.9 Å². The van der Waals surface area contributed by atoms with Gasteiger partial charge in [0.1, 0.15) is 5.75 Å². The van der Waals surface area contributed by atoms with Crippen molar-refractivity contribution < 1.29 is 4.74 Å². The molecule has 2 nitrogen and oxygen atoms in total. The number of benzene rings is 3. The van der Waals surface area contributed by atoms with Crippen LogP contribution in [0.3, 0.4) is 0 Å². The number of rotatable bonds is 6. The summed E-state index contributed by atoms with van der Waals surface area (Å²) in [6.45, 7) is 3.03. The van der Waals surface area contributed by atoms with Crippen LogP contribution in [0, 0.1) is 0 Å². The van der Waals surface area contributed by atoms with Crippen molar-refractivity contribution in [3.8, 4) is 16.9 Å². The summed E-state index contributed by atoms with van der Waals surface area (Å²) in [7, 11) is 1.73. The minimum atomic E-state index is 0.279. The van der Waals surface area contributed by atoms with Gasteiger partial charge in [0.05, 0.1) is 7.11 Å². The van der Waals surface area contributed by atoms with Crippen LogP contribution in [0.15, 0.2) is 77.5 Å². The predicted molar refractivity (Wildman–Crippen MR) is 116 cm³/mol. The van der Waals surface area contributed by atoms with E-state index in [0.717, 1.165) is 17.9 Å². The second-order valence-corrected chi connectivity index (χ2v) is 7.54. The Balaban J connectivity index is 1.51. The van der Waals surface area contributed by atoms with E-state index in [9.17, 15) is 0 Å². The van der Waals surface area contributed by atoms with Gasteiger partial charge in [-0.25, -0.2) is 0 Å². The summed E-state index contributed by atoms with van der Waals surface area (Å²) >= 11 is 1.70. The Morgan fingerprint density at radius 2 is 1.81 bits per heavy atom. The predicted octanol–water partition coefficient (Wildman–Crippen LogP) is 6.43. The molecule has 0 fully saturated rings. The summed E-state index contributed by atoms with van der Waals surface area (Å²) < 4.78 is 5.54. The normalized spacial score (nSPS) is 12.2. The van der Waals surface area contributed by atoms with E-state index in [4.69, 9.17) is 4.74 Å². The quantitative estimate of drug-likeness (QED) is 0.420. The van der Waals surface area contributed by atoms with Crippen LogP contribution >= 0.6 is 11.3 Å². The van der Waals surface area contributed by atoms with Gasteiger partial charge in [-0.1, -0.05) is 42.5 Å². The second kappa shape index (κ2) is 7.95. The summed E-state index contributed by atoms with van der Waals surface area (Å²) in [5.41, 5.74) is 4.92. The van der Waals surface area contributed by atoms with Gasteiger partial charge in [0, 0.05) is 18.2 Å². The highest BCUT2D eigenvalue weighted by molar-refractivity contribution is 7.08. The highest BCUT2D eigenvalue weighted by atomic mass is 32.1. The Kier molecular flexibility index (Phi) is 5.23. The van der Waals surface area contributed by atoms with E-state index < -0.39 is 0 Å². The number of hydrogen-bond donors (Lipinski definition) is 1. The molecule has 4 rings (SSSR count). The molecule has 0 saturated heterocycles. The molecule has 1 aromatic heterocycles.